The minimum absolute atomic E-state index is 0.528. The summed E-state index contributed by atoms with van der Waals surface area (Å²) in [6.07, 6.45) is 3.61. The number of furan rings is 1. The average Bonchev–Trinajstić information content (AvgIpc) is 3.92. The number of rotatable bonds is 8. The molecule has 6 nitrogen and oxygen atoms in total. The smallest absolute Gasteiger partial charge is 0.238 e. The molecule has 296 valence electrons. The van der Waals surface area contributed by atoms with Gasteiger partial charge in [0.1, 0.15) is 11.2 Å². The van der Waals surface area contributed by atoms with Crippen molar-refractivity contribution in [2.45, 2.75) is 0 Å². The summed E-state index contributed by atoms with van der Waals surface area (Å²) in [7, 11) is -2.76. The highest BCUT2D eigenvalue weighted by molar-refractivity contribution is 7.19. The normalized spacial score (nSPS) is 11.8. The Morgan fingerprint density at radius 1 is 0.381 bits per heavy atom. The molecule has 4 aromatic heterocycles. The number of hydrogen-bond donors (Lipinski definition) is 0. The fourth-order valence-electron chi connectivity index (χ4n) is 9.60. The van der Waals surface area contributed by atoms with Crippen molar-refractivity contribution in [2.24, 2.45) is 0 Å². The van der Waals surface area contributed by atoms with Crippen LogP contribution in [0.25, 0.3) is 83.6 Å². The van der Waals surface area contributed by atoms with E-state index < -0.39 is 8.07 Å². The van der Waals surface area contributed by atoms with Crippen LogP contribution in [0.2, 0.25) is 0 Å². The van der Waals surface area contributed by atoms with Crippen molar-refractivity contribution < 1.29 is 4.42 Å². The van der Waals surface area contributed by atoms with Gasteiger partial charge in [-0.1, -0.05) is 188 Å². The Morgan fingerprint density at radius 2 is 0.952 bits per heavy atom. The molecule has 0 bridgehead atoms. The molecule has 12 rings (SSSR count). The third-order valence-corrected chi connectivity index (χ3v) is 17.1. The zero-order chi connectivity index (χ0) is 41.7. The lowest BCUT2D eigenvalue weighted by Crippen LogP contribution is -2.74. The maximum atomic E-state index is 6.34. The Kier molecular flexibility index (Phi) is 8.72. The van der Waals surface area contributed by atoms with Crippen molar-refractivity contribution in [3.05, 3.63) is 225 Å². The highest BCUT2D eigenvalue weighted by atomic mass is 28.3. The Morgan fingerprint density at radius 3 is 1.65 bits per heavy atom. The van der Waals surface area contributed by atoms with E-state index in [0.717, 1.165) is 66.0 Å². The summed E-state index contributed by atoms with van der Waals surface area (Å²) in [6.45, 7) is 0. The molecule has 0 fully saturated rings. The van der Waals surface area contributed by atoms with Gasteiger partial charge in [-0.3, -0.25) is 9.55 Å². The van der Waals surface area contributed by atoms with E-state index in [9.17, 15) is 0 Å². The monoisotopic (exact) mass is 823 g/mol. The first-order valence-corrected chi connectivity index (χ1v) is 23.1. The fourth-order valence-corrected chi connectivity index (χ4v) is 14.3. The van der Waals surface area contributed by atoms with Crippen molar-refractivity contribution in [1.29, 1.82) is 0 Å². The highest BCUT2D eigenvalue weighted by Crippen LogP contribution is 2.39. The number of pyridine rings is 1. The van der Waals surface area contributed by atoms with Crippen LogP contribution in [0, 0.1) is 0 Å². The van der Waals surface area contributed by atoms with Crippen LogP contribution in [0.3, 0.4) is 0 Å². The number of benzene rings is 8. The second kappa shape index (κ2) is 15.0. The van der Waals surface area contributed by atoms with Crippen LogP contribution >= 0.6 is 0 Å². The van der Waals surface area contributed by atoms with E-state index in [0.29, 0.717) is 17.6 Å². The summed E-state index contributed by atoms with van der Waals surface area (Å²) in [5.74, 6) is 1.64. The van der Waals surface area contributed by atoms with Crippen LogP contribution in [0.15, 0.2) is 229 Å². The molecule has 0 amide bonds. The highest BCUT2D eigenvalue weighted by Gasteiger charge is 2.41. The fraction of sp³-hybridized carbons (Fsp3) is 0. The van der Waals surface area contributed by atoms with Gasteiger partial charge in [-0.05, 0) is 56.1 Å². The van der Waals surface area contributed by atoms with E-state index in [1.807, 2.05) is 24.4 Å². The zero-order valence-corrected chi connectivity index (χ0v) is 35.0. The summed E-state index contributed by atoms with van der Waals surface area (Å²) in [4.78, 5) is 20.6. The minimum Gasteiger partial charge on any atom is -0.456 e. The largest absolute Gasteiger partial charge is 0.456 e. The number of aromatic nitrogens is 5. The van der Waals surface area contributed by atoms with E-state index >= 15 is 0 Å². The van der Waals surface area contributed by atoms with E-state index in [4.69, 9.17) is 19.4 Å². The van der Waals surface area contributed by atoms with E-state index in [-0.39, 0.29) is 0 Å². The lowest BCUT2D eigenvalue weighted by Gasteiger charge is -2.34. The van der Waals surface area contributed by atoms with E-state index in [2.05, 4.69) is 204 Å². The van der Waals surface area contributed by atoms with Crippen LogP contribution in [-0.4, -0.2) is 32.6 Å². The number of hydrogen-bond acceptors (Lipinski definition) is 5. The second-order valence-corrected chi connectivity index (χ2v) is 19.6. The number of para-hydroxylation sites is 1. The SMILES string of the molecule is c1ccc(-c2cccc3c2c2ccccc2n3-c2nc(-c3ccc([Si](c4ccccc4)(c4ccccc4)c4ccccc4)cc3)nc(-c3cccc4oc5ccncc5c34)n2)cc1. The maximum absolute atomic E-state index is 6.34. The third-order valence-electron chi connectivity index (χ3n) is 12.3. The average molecular weight is 824 g/mol. The summed E-state index contributed by atoms with van der Waals surface area (Å²) in [6, 6.07) is 75.4. The van der Waals surface area contributed by atoms with Gasteiger partial charge in [0, 0.05) is 45.1 Å². The molecule has 12 aromatic rings. The van der Waals surface area contributed by atoms with Crippen LogP contribution in [0.1, 0.15) is 0 Å². The van der Waals surface area contributed by atoms with Crippen molar-refractivity contribution in [1.82, 2.24) is 24.5 Å². The van der Waals surface area contributed by atoms with Crippen molar-refractivity contribution in [3.63, 3.8) is 0 Å². The van der Waals surface area contributed by atoms with Gasteiger partial charge in [0.2, 0.25) is 5.95 Å². The molecular weight excluding hydrogens is 787 g/mol. The third kappa shape index (κ3) is 5.93. The molecule has 0 saturated heterocycles. The number of fused-ring (bicyclic) bond motifs is 6. The first-order valence-electron chi connectivity index (χ1n) is 21.1. The lowest BCUT2D eigenvalue weighted by molar-refractivity contribution is 0.668. The van der Waals surface area contributed by atoms with E-state index in [1.165, 1.54) is 20.7 Å². The maximum Gasteiger partial charge on any atom is 0.238 e. The van der Waals surface area contributed by atoms with Gasteiger partial charge in [-0.15, -0.1) is 0 Å². The zero-order valence-electron chi connectivity index (χ0n) is 34.0. The van der Waals surface area contributed by atoms with Gasteiger partial charge in [-0.25, -0.2) is 4.98 Å². The van der Waals surface area contributed by atoms with Crippen molar-refractivity contribution in [2.75, 3.05) is 0 Å². The molecule has 0 aliphatic rings. The molecule has 0 aliphatic heterocycles. The lowest BCUT2D eigenvalue weighted by atomic mass is 9.99. The first kappa shape index (κ1) is 36.6. The predicted octanol–water partition coefficient (Wildman–Crippen LogP) is 10.6. The van der Waals surface area contributed by atoms with Crippen molar-refractivity contribution >= 4 is 72.6 Å². The Hall–Kier alpha value is -8.26. The molecule has 0 radical (unpaired) electrons. The minimum atomic E-state index is -2.76. The first-order chi connectivity index (χ1) is 31.3. The van der Waals surface area contributed by atoms with Gasteiger partial charge < -0.3 is 4.42 Å². The molecule has 7 heteroatoms. The van der Waals surface area contributed by atoms with Crippen LogP contribution < -0.4 is 20.7 Å². The van der Waals surface area contributed by atoms with Crippen molar-refractivity contribution in [3.8, 4) is 39.9 Å². The van der Waals surface area contributed by atoms with E-state index in [1.54, 1.807) is 6.20 Å². The molecular formula is C56H37N5OSi. The molecule has 8 aromatic carbocycles. The van der Waals surface area contributed by atoms with Gasteiger partial charge in [0.25, 0.3) is 0 Å². The second-order valence-electron chi connectivity index (χ2n) is 15.8. The van der Waals surface area contributed by atoms with Crippen LogP contribution in [0.5, 0.6) is 0 Å². The summed E-state index contributed by atoms with van der Waals surface area (Å²) >= 11 is 0. The Bertz CT molecular complexity index is 3510. The topological polar surface area (TPSA) is 69.6 Å². The summed E-state index contributed by atoms with van der Waals surface area (Å²) in [5.41, 5.74) is 7.56. The Labute approximate surface area is 364 Å². The van der Waals surface area contributed by atoms with Gasteiger partial charge in [0.15, 0.2) is 19.7 Å². The molecule has 0 N–H and O–H groups in total. The number of nitrogens with zero attached hydrogens (tertiary/aromatic N) is 5. The predicted molar refractivity (Wildman–Crippen MR) is 259 cm³/mol. The van der Waals surface area contributed by atoms with Gasteiger partial charge in [0.05, 0.1) is 11.0 Å². The quantitative estimate of drug-likeness (QED) is 0.113. The summed E-state index contributed by atoms with van der Waals surface area (Å²) in [5, 5.41) is 9.30. The molecule has 0 aliphatic carbocycles. The van der Waals surface area contributed by atoms with Crippen LogP contribution in [-0.2, 0) is 0 Å². The van der Waals surface area contributed by atoms with Gasteiger partial charge in [-0.2, -0.15) is 9.97 Å². The molecule has 0 saturated carbocycles. The molecule has 0 spiro atoms. The Balaban J connectivity index is 1.11. The molecule has 4 heterocycles. The van der Waals surface area contributed by atoms with Crippen LogP contribution in [0.4, 0.5) is 0 Å². The summed E-state index contributed by atoms with van der Waals surface area (Å²) < 4.78 is 8.53. The molecule has 63 heavy (non-hydrogen) atoms. The van der Waals surface area contributed by atoms with Gasteiger partial charge >= 0.3 is 0 Å². The molecule has 0 atom stereocenters. The molecule has 0 unspecified atom stereocenters. The standard InChI is InChI=1S/C56H37N5OSi/c1-5-17-38(18-6-1)44-26-15-29-49-52(44)45-25-13-14-28-48(45)61(49)56-59-54(58-55(60-56)46-27-16-30-51-53(46)47-37-57-36-35-50(47)62-51)39-31-33-43(34-32-39)63(40-19-7-2-8-20-40,41-21-9-3-10-22-41)42-23-11-4-12-24-42/h1-37H.